The summed E-state index contributed by atoms with van der Waals surface area (Å²) in [5.74, 6) is -4.01. The van der Waals surface area contributed by atoms with E-state index in [2.05, 4.69) is 31.6 Å². The number of ether oxygens (including phenoxy) is 1. The highest BCUT2D eigenvalue weighted by Crippen LogP contribution is 2.38. The number of fused-ring (bicyclic) bond motifs is 2. The Morgan fingerprint density at radius 1 is 0.969 bits per heavy atom. The summed E-state index contributed by atoms with van der Waals surface area (Å²) in [5.41, 5.74) is 2.02. The van der Waals surface area contributed by atoms with E-state index in [0.717, 1.165) is 69.1 Å². The third-order valence-electron chi connectivity index (χ3n) is 13.9. The number of carbonyl (C=O) groups excluding carboxylic acids is 3. The number of nitrogens with zero attached hydrogens (tertiary/aromatic N) is 8. The fraction of sp³-hybridized carbons (Fsp3) is 0.489. The van der Waals surface area contributed by atoms with Gasteiger partial charge < -0.3 is 20.1 Å². The predicted molar refractivity (Wildman–Crippen MR) is 235 cm³/mol. The number of carbonyl (C=O) groups is 3. The van der Waals surface area contributed by atoms with Gasteiger partial charge in [0, 0.05) is 98.5 Å². The first-order chi connectivity index (χ1) is 30.8. The monoisotopic (exact) mass is 876 g/mol. The number of benzene rings is 2. The van der Waals surface area contributed by atoms with Gasteiger partial charge in [0.15, 0.2) is 0 Å². The SMILES string of the molecule is COC[C@H]1CN(C2CCC(n3cc4cc(NC(=O)c5ccc6cc(C#N)cnn56)c(C(C)(C)O)cc4n3)CC2)CCN1C1CCN(c2cc(F)c([C@H]3CCC(=O)NC3=O)c(F)c2)CC1. The highest BCUT2D eigenvalue weighted by Gasteiger charge is 2.38. The van der Waals surface area contributed by atoms with Crippen LogP contribution in [0.25, 0.3) is 16.4 Å². The molecule has 1 aliphatic carbocycles. The first kappa shape index (κ1) is 43.5. The Morgan fingerprint density at radius 2 is 1.70 bits per heavy atom. The Kier molecular flexibility index (Phi) is 12.0. The molecule has 6 heterocycles. The van der Waals surface area contributed by atoms with E-state index >= 15 is 8.78 Å². The average Bonchev–Trinajstić information content (AvgIpc) is 3.90. The van der Waals surface area contributed by atoms with Crippen LogP contribution in [0.3, 0.4) is 0 Å². The molecular weight excluding hydrogens is 823 g/mol. The Balaban J connectivity index is 0.811. The molecule has 15 nitrogen and oxygen atoms in total. The second-order valence-electron chi connectivity index (χ2n) is 18.3. The van der Waals surface area contributed by atoms with Gasteiger partial charge in [-0.3, -0.25) is 34.2 Å². The Bertz CT molecular complexity index is 2610. The first-order valence-corrected chi connectivity index (χ1v) is 22.3. The smallest absolute Gasteiger partial charge is 0.274 e. The highest BCUT2D eigenvalue weighted by atomic mass is 19.1. The average molecular weight is 877 g/mol. The van der Waals surface area contributed by atoms with Crippen LogP contribution < -0.4 is 15.5 Å². The molecule has 5 aromatic rings. The molecule has 336 valence electrons. The predicted octanol–water partition coefficient (Wildman–Crippen LogP) is 5.62. The maximum Gasteiger partial charge on any atom is 0.274 e. The van der Waals surface area contributed by atoms with Crippen molar-refractivity contribution in [1.29, 1.82) is 5.26 Å². The van der Waals surface area contributed by atoms with E-state index in [-0.39, 0.29) is 30.5 Å². The lowest BCUT2D eigenvalue weighted by molar-refractivity contribution is -0.134. The summed E-state index contributed by atoms with van der Waals surface area (Å²) < 4.78 is 40.0. The van der Waals surface area contributed by atoms with Gasteiger partial charge in [-0.1, -0.05) is 0 Å². The number of piperazine rings is 1. The molecule has 0 radical (unpaired) electrons. The zero-order valence-corrected chi connectivity index (χ0v) is 36.4. The van der Waals surface area contributed by atoms with Crippen LogP contribution in [0.5, 0.6) is 0 Å². The van der Waals surface area contributed by atoms with E-state index in [0.29, 0.717) is 65.5 Å². The van der Waals surface area contributed by atoms with Crippen molar-refractivity contribution in [1.82, 2.24) is 34.5 Å². The molecule has 0 bridgehead atoms. The minimum atomic E-state index is -1.27. The van der Waals surface area contributed by atoms with Crippen molar-refractivity contribution in [2.75, 3.05) is 56.7 Å². The minimum Gasteiger partial charge on any atom is -0.386 e. The summed E-state index contributed by atoms with van der Waals surface area (Å²) in [6.45, 7) is 8.04. The molecule has 3 amide bonds. The maximum absolute atomic E-state index is 15.4. The van der Waals surface area contributed by atoms with Crippen LogP contribution in [0.2, 0.25) is 0 Å². The van der Waals surface area contributed by atoms with Crippen molar-refractivity contribution in [2.45, 2.75) is 101 Å². The molecule has 9 rings (SSSR count). The molecule has 4 aliphatic rings. The van der Waals surface area contributed by atoms with Crippen molar-refractivity contribution < 1.29 is 33.0 Å². The van der Waals surface area contributed by atoms with Gasteiger partial charge in [-0.15, -0.1) is 0 Å². The molecule has 0 unspecified atom stereocenters. The quantitative estimate of drug-likeness (QED) is 0.149. The Morgan fingerprint density at radius 3 is 2.39 bits per heavy atom. The molecule has 2 aromatic carbocycles. The van der Waals surface area contributed by atoms with Gasteiger partial charge in [-0.25, -0.2) is 13.3 Å². The molecule has 4 fully saturated rings. The van der Waals surface area contributed by atoms with Gasteiger partial charge in [0.2, 0.25) is 11.8 Å². The fourth-order valence-corrected chi connectivity index (χ4v) is 10.6. The number of imide groups is 1. The van der Waals surface area contributed by atoms with E-state index in [1.807, 2.05) is 27.9 Å². The normalized spacial score (nSPS) is 23.1. The van der Waals surface area contributed by atoms with Crippen LogP contribution in [-0.4, -0.2) is 117 Å². The lowest BCUT2D eigenvalue weighted by atomic mass is 9.89. The van der Waals surface area contributed by atoms with Gasteiger partial charge in [-0.2, -0.15) is 15.5 Å². The van der Waals surface area contributed by atoms with Crippen molar-refractivity contribution in [3.05, 3.63) is 88.9 Å². The summed E-state index contributed by atoms with van der Waals surface area (Å²) in [4.78, 5) is 44.8. The third kappa shape index (κ3) is 8.59. The van der Waals surface area contributed by atoms with Crippen LogP contribution in [0.15, 0.2) is 54.9 Å². The van der Waals surface area contributed by atoms with E-state index in [9.17, 15) is 24.8 Å². The van der Waals surface area contributed by atoms with E-state index in [4.69, 9.17) is 9.84 Å². The number of rotatable bonds is 10. The maximum atomic E-state index is 15.4. The van der Waals surface area contributed by atoms with Crippen LogP contribution in [-0.2, 0) is 19.9 Å². The van der Waals surface area contributed by atoms with Crippen LogP contribution in [0.1, 0.15) is 104 Å². The Hall–Kier alpha value is -5.80. The molecule has 3 saturated heterocycles. The largest absolute Gasteiger partial charge is 0.386 e. The van der Waals surface area contributed by atoms with Crippen molar-refractivity contribution in [3.63, 3.8) is 0 Å². The van der Waals surface area contributed by atoms with Crippen LogP contribution >= 0.6 is 0 Å². The summed E-state index contributed by atoms with van der Waals surface area (Å²) in [6, 6.07) is 14.7. The van der Waals surface area contributed by atoms with E-state index in [1.54, 1.807) is 39.2 Å². The lowest BCUT2D eigenvalue weighted by Gasteiger charge is -2.50. The minimum absolute atomic E-state index is 0.0508. The summed E-state index contributed by atoms with van der Waals surface area (Å²) in [5, 5.41) is 35.8. The molecule has 1 saturated carbocycles. The number of aromatic nitrogens is 4. The molecule has 64 heavy (non-hydrogen) atoms. The summed E-state index contributed by atoms with van der Waals surface area (Å²) in [7, 11) is 1.75. The molecule has 17 heteroatoms. The number of nitrogens with one attached hydrogen (secondary N) is 2. The van der Waals surface area contributed by atoms with Crippen LogP contribution in [0.4, 0.5) is 20.2 Å². The number of piperidine rings is 2. The molecule has 2 atom stereocenters. The number of hydrogen-bond acceptors (Lipinski definition) is 11. The molecule has 3 aliphatic heterocycles. The number of anilines is 2. The van der Waals surface area contributed by atoms with Crippen molar-refractivity contribution in [2.24, 2.45) is 0 Å². The number of methoxy groups -OCH3 is 1. The Labute approximate surface area is 369 Å². The molecule has 0 spiro atoms. The van der Waals surface area contributed by atoms with Gasteiger partial charge in [-0.05, 0) is 101 Å². The van der Waals surface area contributed by atoms with Crippen molar-refractivity contribution >= 4 is 45.5 Å². The van der Waals surface area contributed by atoms with Gasteiger partial charge in [0.05, 0.1) is 47.0 Å². The van der Waals surface area contributed by atoms with E-state index < -0.39 is 40.9 Å². The lowest BCUT2D eigenvalue weighted by Crippen LogP contribution is -2.61. The van der Waals surface area contributed by atoms with E-state index in [1.165, 1.54) is 22.8 Å². The van der Waals surface area contributed by atoms with Crippen molar-refractivity contribution in [3.8, 4) is 6.07 Å². The topological polar surface area (TPSA) is 173 Å². The zero-order valence-electron chi connectivity index (χ0n) is 36.4. The highest BCUT2D eigenvalue weighted by molar-refractivity contribution is 6.05. The number of hydrogen-bond donors (Lipinski definition) is 3. The molecule has 3 aromatic heterocycles. The standard InChI is InChI=1S/C47H54F2N10O5/c1-47(2,63)37-22-40-29(19-41(37)52-46(62)42-10-8-33-18-28(23-50)24-51-59(33)42)25-58(54-40)32-6-4-30(5-7-32)56-16-17-57(35(26-56)27-64-3)31-12-14-55(15-13-31)34-20-38(48)44(39(49)21-34)36-9-11-43(60)53-45(36)61/h8,10,18-22,24-25,30-32,35-36,63H,4-7,9,11-17,26-27H2,1-3H3,(H,52,62)(H,53,60,61)/t30?,32?,35-,36-/m1/s1. The summed E-state index contributed by atoms with van der Waals surface area (Å²) in [6.07, 6.45) is 9.26. The van der Waals surface area contributed by atoms with Gasteiger partial charge in [0.25, 0.3) is 5.91 Å². The number of halogens is 2. The second-order valence-corrected chi connectivity index (χ2v) is 18.3. The second kappa shape index (κ2) is 17.6. The third-order valence-corrected chi connectivity index (χ3v) is 13.9. The van der Waals surface area contributed by atoms with Gasteiger partial charge in [0.1, 0.15) is 23.4 Å². The number of nitriles is 1. The zero-order chi connectivity index (χ0) is 44.9. The fourth-order valence-electron chi connectivity index (χ4n) is 10.6. The summed E-state index contributed by atoms with van der Waals surface area (Å²) >= 11 is 0. The van der Waals surface area contributed by atoms with Crippen LogP contribution in [0, 0.1) is 23.0 Å². The molecular formula is C47H54F2N10O5. The first-order valence-electron chi connectivity index (χ1n) is 22.3. The number of aliphatic hydroxyl groups is 1. The number of amides is 3. The molecule has 3 N–H and O–H groups in total. The van der Waals surface area contributed by atoms with Gasteiger partial charge >= 0.3 is 0 Å².